The number of benzene rings is 1. The van der Waals surface area contributed by atoms with Gasteiger partial charge in [0.2, 0.25) is 11.8 Å². The van der Waals surface area contributed by atoms with E-state index in [4.69, 9.17) is 13.9 Å². The van der Waals surface area contributed by atoms with Gasteiger partial charge in [-0.15, -0.1) is 0 Å². The number of piperidine rings is 1. The Balaban J connectivity index is 1.62. The van der Waals surface area contributed by atoms with E-state index in [1.54, 1.807) is 30.1 Å². The molecule has 2 heterocycles. The van der Waals surface area contributed by atoms with E-state index in [9.17, 15) is 19.2 Å². The summed E-state index contributed by atoms with van der Waals surface area (Å²) in [6, 6.07) is 4.30. The fourth-order valence-corrected chi connectivity index (χ4v) is 3.70. The Morgan fingerprint density at radius 1 is 1.22 bits per heavy atom. The van der Waals surface area contributed by atoms with E-state index in [0.717, 1.165) is 0 Å². The Morgan fingerprint density at radius 2 is 1.94 bits per heavy atom. The predicted molar refractivity (Wildman–Crippen MR) is 132 cm³/mol. The molecule has 1 aliphatic heterocycles. The van der Waals surface area contributed by atoms with Crippen molar-refractivity contribution >= 4 is 29.0 Å². The van der Waals surface area contributed by atoms with E-state index in [1.807, 2.05) is 34.6 Å². The minimum Gasteiger partial charge on any atom is -0.444 e. The van der Waals surface area contributed by atoms with Gasteiger partial charge in [0, 0.05) is 19.0 Å². The first-order valence-corrected chi connectivity index (χ1v) is 11.8. The lowest BCUT2D eigenvalue weighted by Crippen LogP contribution is -2.47. The third kappa shape index (κ3) is 6.34. The number of oxazole rings is 1. The highest BCUT2D eigenvalue weighted by atomic mass is 16.6. The van der Waals surface area contributed by atoms with Gasteiger partial charge in [-0.2, -0.15) is 0 Å². The quantitative estimate of drug-likeness (QED) is 0.369. The number of fused-ring (bicyclic) bond motifs is 1. The number of carbonyl (C=O) groups is 3. The number of nitrogens with one attached hydrogen (secondary N) is 1. The van der Waals surface area contributed by atoms with Crippen LogP contribution in [0, 0.1) is 11.8 Å². The highest BCUT2D eigenvalue weighted by Crippen LogP contribution is 2.25. The molecule has 3 rings (SSSR count). The monoisotopic (exact) mass is 499 g/mol. The summed E-state index contributed by atoms with van der Waals surface area (Å²) in [5.41, 5.74) is 0.153. The summed E-state index contributed by atoms with van der Waals surface area (Å²) in [7, 11) is 1.70. The van der Waals surface area contributed by atoms with Gasteiger partial charge in [0.1, 0.15) is 18.2 Å². The summed E-state index contributed by atoms with van der Waals surface area (Å²) in [6.07, 6.45) is 0.550. The normalized spacial score (nSPS) is 16.3. The van der Waals surface area contributed by atoms with Crippen LogP contribution in [0.3, 0.4) is 0 Å². The number of ether oxygens (including phenoxy) is 2. The molecule has 1 fully saturated rings. The van der Waals surface area contributed by atoms with Crippen LogP contribution >= 0.6 is 0 Å². The van der Waals surface area contributed by atoms with Gasteiger partial charge in [-0.05, 0) is 59.6 Å². The molecule has 0 radical (unpaired) electrons. The number of para-hydroxylation sites is 1. The number of nitrogens with zero attached hydrogens (tertiary/aromatic N) is 2. The van der Waals surface area contributed by atoms with Crippen LogP contribution in [0.4, 0.5) is 4.79 Å². The summed E-state index contributed by atoms with van der Waals surface area (Å²) in [4.78, 5) is 50.1. The summed E-state index contributed by atoms with van der Waals surface area (Å²) >= 11 is 0. The molecule has 0 saturated carbocycles. The molecule has 1 aliphatic rings. The molecule has 10 heteroatoms. The third-order valence-corrected chi connectivity index (χ3v) is 5.99. The topological polar surface area (TPSA) is 120 Å². The van der Waals surface area contributed by atoms with Crippen LogP contribution in [-0.2, 0) is 19.1 Å². The molecule has 0 bridgehead atoms. The summed E-state index contributed by atoms with van der Waals surface area (Å²) in [5, 5.41) is 2.26. The Hall–Kier alpha value is -3.58. The second-order valence-electron chi connectivity index (χ2n) is 10.3. The van der Waals surface area contributed by atoms with Gasteiger partial charge in [0.05, 0.1) is 17.7 Å². The molecule has 0 aliphatic carbocycles. The van der Waals surface area contributed by atoms with Crippen LogP contribution in [0.15, 0.2) is 27.4 Å². The molecule has 1 aromatic heterocycles. The molecule has 1 saturated heterocycles. The minimum absolute atomic E-state index is 0.140. The van der Waals surface area contributed by atoms with Crippen molar-refractivity contribution in [2.24, 2.45) is 0 Å². The zero-order chi connectivity index (χ0) is 26.7. The van der Waals surface area contributed by atoms with Crippen molar-refractivity contribution in [2.75, 3.05) is 20.3 Å². The van der Waals surface area contributed by atoms with E-state index >= 15 is 0 Å². The molecule has 2 aromatic rings. The first kappa shape index (κ1) is 27.0. The van der Waals surface area contributed by atoms with E-state index in [-0.39, 0.29) is 30.9 Å². The van der Waals surface area contributed by atoms with Crippen LogP contribution in [0.2, 0.25) is 0 Å². The van der Waals surface area contributed by atoms with Crippen molar-refractivity contribution in [1.82, 2.24) is 14.8 Å². The highest BCUT2D eigenvalue weighted by molar-refractivity contribution is 6.00. The molecule has 0 spiro atoms. The SMILES string of the molecule is CN(C(=O)OC(C)(C)C)C(C)(C)CCOCC#Cc1cccc2c1oc(=O)n2C1CCC(=O)NC1=O. The summed E-state index contributed by atoms with van der Waals surface area (Å²) < 4.78 is 17.8. The number of aromatic nitrogens is 1. The largest absolute Gasteiger partial charge is 0.444 e. The smallest absolute Gasteiger partial charge is 0.420 e. The molecule has 3 amide bonds. The Labute approximate surface area is 209 Å². The van der Waals surface area contributed by atoms with Gasteiger partial charge in [-0.25, -0.2) is 9.59 Å². The molecular weight excluding hydrogens is 466 g/mol. The third-order valence-electron chi connectivity index (χ3n) is 5.99. The number of hydrogen-bond acceptors (Lipinski definition) is 7. The number of hydrogen-bond donors (Lipinski definition) is 1. The number of amides is 3. The summed E-state index contributed by atoms with van der Waals surface area (Å²) in [5.74, 6) is 4.30. The molecule has 1 N–H and O–H groups in total. The lowest BCUT2D eigenvalue weighted by molar-refractivity contribution is -0.135. The van der Waals surface area contributed by atoms with E-state index in [1.165, 1.54) is 4.57 Å². The standard InChI is InChI=1S/C26H33N3O7/c1-25(2,3)36-23(32)28(6)26(4,5)14-16-34-15-8-10-17-9-7-11-18-21(17)35-24(33)29(18)19-12-13-20(30)27-22(19)31/h7,9,11,19H,12-16H2,1-6H3,(H,27,30,31). The average Bonchev–Trinajstić information content (AvgIpc) is 3.11. The van der Waals surface area contributed by atoms with Gasteiger partial charge in [0.15, 0.2) is 5.58 Å². The van der Waals surface area contributed by atoms with Crippen molar-refractivity contribution < 1.29 is 28.3 Å². The second kappa shape index (κ2) is 10.6. The van der Waals surface area contributed by atoms with E-state index in [0.29, 0.717) is 24.1 Å². The van der Waals surface area contributed by atoms with Crippen LogP contribution < -0.4 is 11.1 Å². The fraction of sp³-hybridized carbons (Fsp3) is 0.538. The minimum atomic E-state index is -0.815. The van der Waals surface area contributed by atoms with Crippen LogP contribution in [-0.4, -0.2) is 58.8 Å². The van der Waals surface area contributed by atoms with Crippen LogP contribution in [0.5, 0.6) is 0 Å². The Morgan fingerprint density at radius 3 is 2.61 bits per heavy atom. The molecule has 1 unspecified atom stereocenters. The maximum Gasteiger partial charge on any atom is 0.420 e. The fourth-order valence-electron chi connectivity index (χ4n) is 3.70. The summed E-state index contributed by atoms with van der Waals surface area (Å²) in [6.45, 7) is 9.85. The molecular formula is C26H33N3O7. The zero-order valence-corrected chi connectivity index (χ0v) is 21.6. The average molecular weight is 500 g/mol. The maximum absolute atomic E-state index is 12.5. The van der Waals surface area contributed by atoms with Gasteiger partial charge >= 0.3 is 11.8 Å². The molecule has 194 valence electrons. The van der Waals surface area contributed by atoms with Gasteiger partial charge < -0.3 is 18.8 Å². The number of rotatable bonds is 6. The first-order chi connectivity index (χ1) is 16.8. The lowest BCUT2D eigenvalue weighted by Gasteiger charge is -2.36. The van der Waals surface area contributed by atoms with Crippen LogP contribution in [0.25, 0.3) is 11.1 Å². The van der Waals surface area contributed by atoms with Crippen molar-refractivity contribution in [2.45, 2.75) is 71.1 Å². The van der Waals surface area contributed by atoms with Crippen molar-refractivity contribution in [3.8, 4) is 11.8 Å². The first-order valence-electron chi connectivity index (χ1n) is 11.8. The maximum atomic E-state index is 12.5. The van der Waals surface area contributed by atoms with E-state index < -0.39 is 34.9 Å². The van der Waals surface area contributed by atoms with Crippen molar-refractivity contribution in [3.63, 3.8) is 0 Å². The molecule has 36 heavy (non-hydrogen) atoms. The zero-order valence-electron chi connectivity index (χ0n) is 21.6. The van der Waals surface area contributed by atoms with Gasteiger partial charge in [-0.3, -0.25) is 19.5 Å². The Kier molecular flexibility index (Phi) is 7.94. The van der Waals surface area contributed by atoms with Crippen molar-refractivity contribution in [3.05, 3.63) is 34.3 Å². The molecule has 1 aromatic carbocycles. The van der Waals surface area contributed by atoms with Crippen LogP contribution in [0.1, 0.15) is 65.5 Å². The van der Waals surface area contributed by atoms with E-state index in [2.05, 4.69) is 17.2 Å². The highest BCUT2D eigenvalue weighted by Gasteiger charge is 2.32. The Bertz CT molecular complexity index is 1270. The predicted octanol–water partition coefficient (Wildman–Crippen LogP) is 2.98. The number of imide groups is 1. The second-order valence-corrected chi connectivity index (χ2v) is 10.3. The van der Waals surface area contributed by atoms with Gasteiger partial charge in [-0.1, -0.05) is 17.9 Å². The lowest BCUT2D eigenvalue weighted by atomic mass is 10.00. The number of carbonyl (C=O) groups excluding carboxylic acids is 3. The van der Waals surface area contributed by atoms with Gasteiger partial charge in [0.25, 0.3) is 0 Å². The molecule has 10 nitrogen and oxygen atoms in total. The van der Waals surface area contributed by atoms with Crippen molar-refractivity contribution in [1.29, 1.82) is 0 Å². The molecule has 1 atom stereocenters.